The van der Waals surface area contributed by atoms with E-state index in [-0.39, 0.29) is 11.7 Å². The topological polar surface area (TPSA) is 73.3 Å². The van der Waals surface area contributed by atoms with Gasteiger partial charge in [-0.05, 0) is 43.3 Å². The second-order valence-electron chi connectivity index (χ2n) is 5.33. The third-order valence-electron chi connectivity index (χ3n) is 3.50. The molecule has 0 aliphatic heterocycles. The van der Waals surface area contributed by atoms with Crippen molar-refractivity contribution in [1.29, 1.82) is 0 Å². The molecule has 0 bridgehead atoms. The fourth-order valence-corrected chi connectivity index (χ4v) is 2.75. The number of para-hydroxylation sites is 2. The molecule has 2 aromatic carbocycles. The maximum atomic E-state index is 13.0. The first kappa shape index (κ1) is 17.8. The molecule has 26 heavy (non-hydrogen) atoms. The van der Waals surface area contributed by atoms with E-state index in [0.29, 0.717) is 28.0 Å². The van der Waals surface area contributed by atoms with Gasteiger partial charge in [-0.2, -0.15) is 9.36 Å². The standard InChI is InChI=1S/C18H16FN3O3S/c1-11(25-15-6-4-3-5-14(15)24-2)17(23)21-18-20-16(22-26-18)12-7-9-13(19)10-8-12/h3-11H,1-2H3,(H,20,21,22,23). The predicted molar refractivity (Wildman–Crippen MR) is 97.0 cm³/mol. The SMILES string of the molecule is COc1ccccc1OC(C)C(=O)Nc1nc(-c2ccc(F)cc2)ns1. The van der Waals surface area contributed by atoms with Crippen LogP contribution in [0.25, 0.3) is 11.4 Å². The summed E-state index contributed by atoms with van der Waals surface area (Å²) >= 11 is 1.04. The first-order valence-corrected chi connectivity index (χ1v) is 8.54. The summed E-state index contributed by atoms with van der Waals surface area (Å²) in [4.78, 5) is 16.6. The fourth-order valence-electron chi connectivity index (χ4n) is 2.16. The van der Waals surface area contributed by atoms with E-state index in [1.807, 2.05) is 6.07 Å². The van der Waals surface area contributed by atoms with Gasteiger partial charge in [0.1, 0.15) is 5.82 Å². The highest BCUT2D eigenvalue weighted by Crippen LogP contribution is 2.27. The molecule has 0 aliphatic carbocycles. The summed E-state index contributed by atoms with van der Waals surface area (Å²) < 4.78 is 28.0. The lowest BCUT2D eigenvalue weighted by Crippen LogP contribution is -2.30. The Morgan fingerprint density at radius 1 is 1.15 bits per heavy atom. The Kier molecular flexibility index (Phi) is 5.43. The van der Waals surface area contributed by atoms with Crippen molar-refractivity contribution in [1.82, 2.24) is 9.36 Å². The van der Waals surface area contributed by atoms with E-state index in [0.717, 1.165) is 11.5 Å². The molecule has 0 saturated heterocycles. The van der Waals surface area contributed by atoms with Crippen molar-refractivity contribution in [3.63, 3.8) is 0 Å². The monoisotopic (exact) mass is 373 g/mol. The number of aromatic nitrogens is 2. The largest absolute Gasteiger partial charge is 0.493 e. The highest BCUT2D eigenvalue weighted by molar-refractivity contribution is 7.10. The van der Waals surface area contributed by atoms with Crippen LogP contribution >= 0.6 is 11.5 Å². The zero-order valence-electron chi connectivity index (χ0n) is 14.1. The molecule has 1 heterocycles. The zero-order valence-corrected chi connectivity index (χ0v) is 14.9. The van der Waals surface area contributed by atoms with E-state index >= 15 is 0 Å². The van der Waals surface area contributed by atoms with Crippen LogP contribution in [0.4, 0.5) is 9.52 Å². The number of methoxy groups -OCH3 is 1. The number of carbonyl (C=O) groups is 1. The number of ether oxygens (including phenoxy) is 2. The Hall–Kier alpha value is -3.00. The van der Waals surface area contributed by atoms with Gasteiger partial charge in [0, 0.05) is 17.1 Å². The average Bonchev–Trinajstić information content (AvgIpc) is 3.11. The minimum Gasteiger partial charge on any atom is -0.493 e. The van der Waals surface area contributed by atoms with E-state index in [2.05, 4.69) is 14.7 Å². The fraction of sp³-hybridized carbons (Fsp3) is 0.167. The van der Waals surface area contributed by atoms with Crippen LogP contribution < -0.4 is 14.8 Å². The van der Waals surface area contributed by atoms with Gasteiger partial charge in [0.05, 0.1) is 7.11 Å². The molecule has 134 valence electrons. The second kappa shape index (κ2) is 7.92. The van der Waals surface area contributed by atoms with E-state index in [1.54, 1.807) is 37.3 Å². The van der Waals surface area contributed by atoms with Gasteiger partial charge < -0.3 is 9.47 Å². The number of benzene rings is 2. The van der Waals surface area contributed by atoms with Crippen LogP contribution in [-0.4, -0.2) is 28.5 Å². The van der Waals surface area contributed by atoms with Crippen molar-refractivity contribution in [2.45, 2.75) is 13.0 Å². The average molecular weight is 373 g/mol. The van der Waals surface area contributed by atoms with Gasteiger partial charge in [0.15, 0.2) is 23.4 Å². The molecule has 6 nitrogen and oxygen atoms in total. The number of carbonyl (C=O) groups excluding carboxylic acids is 1. The Labute approximate surface area is 153 Å². The predicted octanol–water partition coefficient (Wildman–Crippen LogP) is 3.76. The molecule has 1 amide bonds. The van der Waals surface area contributed by atoms with Gasteiger partial charge in [-0.1, -0.05) is 12.1 Å². The quantitative estimate of drug-likeness (QED) is 0.712. The lowest BCUT2D eigenvalue weighted by atomic mass is 10.2. The summed E-state index contributed by atoms with van der Waals surface area (Å²) in [5.74, 6) is 0.740. The third kappa shape index (κ3) is 4.15. The van der Waals surface area contributed by atoms with E-state index in [9.17, 15) is 9.18 Å². The first-order chi connectivity index (χ1) is 12.6. The van der Waals surface area contributed by atoms with E-state index in [4.69, 9.17) is 9.47 Å². The lowest BCUT2D eigenvalue weighted by Gasteiger charge is -2.15. The maximum Gasteiger partial charge on any atom is 0.266 e. The van der Waals surface area contributed by atoms with Crippen molar-refractivity contribution in [3.8, 4) is 22.9 Å². The van der Waals surface area contributed by atoms with Gasteiger partial charge in [0.25, 0.3) is 5.91 Å². The van der Waals surface area contributed by atoms with Crippen molar-refractivity contribution in [2.75, 3.05) is 12.4 Å². The van der Waals surface area contributed by atoms with E-state index in [1.165, 1.54) is 19.2 Å². The highest BCUT2D eigenvalue weighted by Gasteiger charge is 2.18. The molecule has 1 N–H and O–H groups in total. The van der Waals surface area contributed by atoms with Crippen molar-refractivity contribution >= 4 is 22.6 Å². The number of halogens is 1. The van der Waals surface area contributed by atoms with Crippen molar-refractivity contribution in [2.24, 2.45) is 0 Å². The number of nitrogens with zero attached hydrogens (tertiary/aromatic N) is 2. The number of amides is 1. The third-order valence-corrected chi connectivity index (χ3v) is 4.13. The van der Waals surface area contributed by atoms with Gasteiger partial charge >= 0.3 is 0 Å². The molecule has 0 saturated carbocycles. The van der Waals surface area contributed by atoms with Gasteiger partial charge in [-0.15, -0.1) is 0 Å². The first-order valence-electron chi connectivity index (χ1n) is 7.77. The number of hydrogen-bond acceptors (Lipinski definition) is 6. The summed E-state index contributed by atoms with van der Waals surface area (Å²) in [6, 6.07) is 12.9. The Balaban J connectivity index is 1.65. The molecule has 0 fully saturated rings. The molecule has 3 aromatic rings. The minimum atomic E-state index is -0.760. The van der Waals surface area contributed by atoms with Crippen LogP contribution in [0.3, 0.4) is 0 Å². The Bertz CT molecular complexity index is 899. The summed E-state index contributed by atoms with van der Waals surface area (Å²) in [6.07, 6.45) is -0.760. The normalized spacial score (nSPS) is 11.7. The Morgan fingerprint density at radius 2 is 1.85 bits per heavy atom. The summed E-state index contributed by atoms with van der Waals surface area (Å²) in [5, 5.41) is 3.00. The Morgan fingerprint density at radius 3 is 2.54 bits per heavy atom. The molecule has 8 heteroatoms. The van der Waals surface area contributed by atoms with Crippen molar-refractivity contribution < 1.29 is 18.7 Å². The summed E-state index contributed by atoms with van der Waals surface area (Å²) in [6.45, 7) is 1.63. The summed E-state index contributed by atoms with van der Waals surface area (Å²) in [7, 11) is 1.53. The number of nitrogens with one attached hydrogen (secondary N) is 1. The van der Waals surface area contributed by atoms with Crippen LogP contribution in [0.1, 0.15) is 6.92 Å². The number of rotatable bonds is 6. The zero-order chi connectivity index (χ0) is 18.5. The van der Waals surface area contributed by atoms with Gasteiger partial charge in [0.2, 0.25) is 5.13 Å². The van der Waals surface area contributed by atoms with E-state index < -0.39 is 6.10 Å². The molecule has 0 aliphatic rings. The number of hydrogen-bond donors (Lipinski definition) is 1. The molecule has 1 atom stereocenters. The maximum absolute atomic E-state index is 13.0. The molecule has 0 radical (unpaired) electrons. The second-order valence-corrected chi connectivity index (χ2v) is 6.08. The van der Waals surface area contributed by atoms with Gasteiger partial charge in [-0.3, -0.25) is 10.1 Å². The van der Waals surface area contributed by atoms with Crippen LogP contribution in [0, 0.1) is 5.82 Å². The molecule has 1 aromatic heterocycles. The molecular weight excluding hydrogens is 357 g/mol. The van der Waals surface area contributed by atoms with Crippen LogP contribution in [-0.2, 0) is 4.79 Å². The molecule has 3 rings (SSSR count). The minimum absolute atomic E-state index is 0.334. The summed E-state index contributed by atoms with van der Waals surface area (Å²) in [5.41, 5.74) is 0.668. The lowest BCUT2D eigenvalue weighted by molar-refractivity contribution is -0.122. The molecule has 1 unspecified atom stereocenters. The van der Waals surface area contributed by atoms with Crippen LogP contribution in [0.15, 0.2) is 48.5 Å². The van der Waals surface area contributed by atoms with Crippen molar-refractivity contribution in [3.05, 3.63) is 54.3 Å². The molecule has 0 spiro atoms. The smallest absolute Gasteiger partial charge is 0.266 e. The molecular formula is C18H16FN3O3S. The van der Waals surface area contributed by atoms with Crippen LogP contribution in [0.5, 0.6) is 11.5 Å². The number of anilines is 1. The van der Waals surface area contributed by atoms with Crippen LogP contribution in [0.2, 0.25) is 0 Å². The highest BCUT2D eigenvalue weighted by atomic mass is 32.1. The van der Waals surface area contributed by atoms with Gasteiger partial charge in [-0.25, -0.2) is 4.39 Å².